The number of aliphatic imine (C=N–C) groups is 1. The van der Waals surface area contributed by atoms with E-state index in [0.717, 1.165) is 40.0 Å². The summed E-state index contributed by atoms with van der Waals surface area (Å²) in [6, 6.07) is 5.98. The van der Waals surface area contributed by atoms with E-state index in [1.54, 1.807) is 0 Å². The highest BCUT2D eigenvalue weighted by molar-refractivity contribution is 6.00. The molecule has 0 radical (unpaired) electrons. The van der Waals surface area contributed by atoms with Gasteiger partial charge in [-0.2, -0.15) is 0 Å². The predicted octanol–water partition coefficient (Wildman–Crippen LogP) is 3.59. The van der Waals surface area contributed by atoms with Crippen molar-refractivity contribution < 1.29 is 4.79 Å². The smallest absolute Gasteiger partial charge is 0.252 e. The second-order valence-corrected chi connectivity index (χ2v) is 5.88. The van der Waals surface area contributed by atoms with Crippen LogP contribution in [0.15, 0.2) is 53.2 Å². The molecule has 1 aromatic carbocycles. The van der Waals surface area contributed by atoms with Crippen LogP contribution in [0.4, 0.5) is 0 Å². The molecule has 0 bridgehead atoms. The van der Waals surface area contributed by atoms with Gasteiger partial charge >= 0.3 is 0 Å². The molecule has 0 saturated carbocycles. The van der Waals surface area contributed by atoms with Gasteiger partial charge in [0.2, 0.25) is 0 Å². The number of nitrogens with zero attached hydrogens (tertiary/aromatic N) is 1. The zero-order valence-corrected chi connectivity index (χ0v) is 12.4. The van der Waals surface area contributed by atoms with Gasteiger partial charge in [0, 0.05) is 17.6 Å². The summed E-state index contributed by atoms with van der Waals surface area (Å²) in [7, 11) is 0. The topological polar surface area (TPSA) is 41.5 Å². The zero-order valence-electron chi connectivity index (χ0n) is 12.4. The lowest BCUT2D eigenvalue weighted by Crippen LogP contribution is -2.32. The van der Waals surface area contributed by atoms with Gasteiger partial charge in [-0.05, 0) is 49.4 Å². The maximum atomic E-state index is 12.0. The van der Waals surface area contributed by atoms with Crippen LogP contribution in [0.3, 0.4) is 0 Å². The summed E-state index contributed by atoms with van der Waals surface area (Å²) in [5, 5.41) is 3.00. The molecule has 0 atom stereocenters. The quantitative estimate of drug-likeness (QED) is 0.843. The first-order valence-electron chi connectivity index (χ1n) is 6.98. The van der Waals surface area contributed by atoms with Gasteiger partial charge in [-0.25, -0.2) is 0 Å². The fourth-order valence-electron chi connectivity index (χ4n) is 3.07. The highest BCUT2D eigenvalue weighted by Gasteiger charge is 2.35. The van der Waals surface area contributed by atoms with Crippen molar-refractivity contribution in [1.29, 1.82) is 0 Å². The second-order valence-electron chi connectivity index (χ2n) is 5.88. The molecule has 1 amide bonds. The standard InChI is InChI=1S/C18H18N2O/c1-5-12-13(8-9-16(12)19-4)11-6-7-14-15(10-11)18(2,3)20-17(14)21/h5-8,10H,1,4,9H2,2-3H3,(H,20,21). The van der Waals surface area contributed by atoms with E-state index in [2.05, 4.69) is 35.7 Å². The Labute approximate surface area is 124 Å². The Morgan fingerprint density at radius 1 is 1.38 bits per heavy atom. The van der Waals surface area contributed by atoms with Crippen molar-refractivity contribution in [3.05, 3.63) is 64.9 Å². The summed E-state index contributed by atoms with van der Waals surface area (Å²) in [5.74, 6) is -0.00474. The van der Waals surface area contributed by atoms with Gasteiger partial charge in [0.25, 0.3) is 5.91 Å². The zero-order chi connectivity index (χ0) is 15.2. The maximum Gasteiger partial charge on any atom is 0.252 e. The number of hydrogen-bond acceptors (Lipinski definition) is 2. The van der Waals surface area contributed by atoms with E-state index >= 15 is 0 Å². The van der Waals surface area contributed by atoms with Crippen molar-refractivity contribution in [2.45, 2.75) is 25.8 Å². The molecule has 1 aliphatic carbocycles. The van der Waals surface area contributed by atoms with Crippen molar-refractivity contribution in [2.75, 3.05) is 0 Å². The lowest BCUT2D eigenvalue weighted by molar-refractivity contribution is 0.0940. The first-order valence-corrected chi connectivity index (χ1v) is 6.98. The lowest BCUT2D eigenvalue weighted by atomic mass is 9.90. The highest BCUT2D eigenvalue weighted by atomic mass is 16.2. The molecule has 21 heavy (non-hydrogen) atoms. The van der Waals surface area contributed by atoms with Crippen molar-refractivity contribution in [2.24, 2.45) is 4.99 Å². The molecule has 1 aliphatic heterocycles. The highest BCUT2D eigenvalue weighted by Crippen LogP contribution is 2.38. The van der Waals surface area contributed by atoms with Crippen LogP contribution in [0.2, 0.25) is 0 Å². The Morgan fingerprint density at radius 3 is 2.81 bits per heavy atom. The normalized spacial score (nSPS) is 19.1. The Balaban J connectivity index is 2.11. The summed E-state index contributed by atoms with van der Waals surface area (Å²) in [5.41, 5.74) is 5.65. The lowest BCUT2D eigenvalue weighted by Gasteiger charge is -2.20. The van der Waals surface area contributed by atoms with Gasteiger partial charge in [0.15, 0.2) is 0 Å². The minimum Gasteiger partial charge on any atom is -0.343 e. The second kappa shape index (κ2) is 4.55. The summed E-state index contributed by atoms with van der Waals surface area (Å²) in [4.78, 5) is 16.0. The van der Waals surface area contributed by atoms with Crippen LogP contribution in [-0.2, 0) is 5.54 Å². The minimum atomic E-state index is -0.334. The SMILES string of the molecule is C=CC1=C(N=C)CC=C1c1ccc2c(c1)C(C)(C)NC2=O. The maximum absolute atomic E-state index is 12.0. The molecule has 0 aromatic heterocycles. The fourth-order valence-corrected chi connectivity index (χ4v) is 3.07. The summed E-state index contributed by atoms with van der Waals surface area (Å²) in [6.07, 6.45) is 4.74. The van der Waals surface area contributed by atoms with Crippen LogP contribution >= 0.6 is 0 Å². The molecule has 1 N–H and O–H groups in total. The average molecular weight is 278 g/mol. The van der Waals surface area contributed by atoms with E-state index in [-0.39, 0.29) is 11.4 Å². The van der Waals surface area contributed by atoms with Gasteiger partial charge in [-0.1, -0.05) is 24.8 Å². The van der Waals surface area contributed by atoms with E-state index in [1.807, 2.05) is 32.1 Å². The molecule has 3 rings (SSSR count). The molecule has 1 heterocycles. The molecular formula is C18H18N2O. The monoisotopic (exact) mass is 278 g/mol. The van der Waals surface area contributed by atoms with Gasteiger partial charge in [-0.3, -0.25) is 9.79 Å². The molecule has 2 aliphatic rings. The van der Waals surface area contributed by atoms with Crippen LogP contribution in [0, 0.1) is 0 Å². The number of benzene rings is 1. The van der Waals surface area contributed by atoms with Gasteiger partial charge in [-0.15, -0.1) is 0 Å². The van der Waals surface area contributed by atoms with E-state index < -0.39 is 0 Å². The molecule has 3 nitrogen and oxygen atoms in total. The molecule has 0 saturated heterocycles. The Kier molecular flexibility index (Phi) is 2.94. The number of carbonyl (C=O) groups excluding carboxylic acids is 1. The average Bonchev–Trinajstić information content (AvgIpc) is 2.97. The van der Waals surface area contributed by atoms with Crippen LogP contribution in [0.25, 0.3) is 5.57 Å². The largest absolute Gasteiger partial charge is 0.343 e. The number of nitrogens with one attached hydrogen (secondary N) is 1. The fraction of sp³-hybridized carbons (Fsp3) is 0.222. The number of rotatable bonds is 3. The van der Waals surface area contributed by atoms with Crippen LogP contribution < -0.4 is 5.32 Å². The molecule has 0 unspecified atom stereocenters. The Bertz CT molecular complexity index is 736. The number of hydrogen-bond donors (Lipinski definition) is 1. The van der Waals surface area contributed by atoms with Gasteiger partial charge in [0.05, 0.1) is 11.2 Å². The molecule has 0 fully saturated rings. The number of amides is 1. The summed E-state index contributed by atoms with van der Waals surface area (Å²) < 4.78 is 0. The third-order valence-electron chi connectivity index (χ3n) is 4.17. The van der Waals surface area contributed by atoms with E-state index in [1.165, 1.54) is 0 Å². The number of fused-ring (bicyclic) bond motifs is 1. The summed E-state index contributed by atoms with van der Waals surface area (Å²) >= 11 is 0. The Hall–Kier alpha value is -2.42. The predicted molar refractivity (Wildman–Crippen MR) is 86.3 cm³/mol. The minimum absolute atomic E-state index is 0.00474. The van der Waals surface area contributed by atoms with Crippen LogP contribution in [0.5, 0.6) is 0 Å². The van der Waals surface area contributed by atoms with Crippen LogP contribution in [0.1, 0.15) is 41.8 Å². The van der Waals surface area contributed by atoms with Gasteiger partial charge in [0.1, 0.15) is 0 Å². The number of carbonyl (C=O) groups is 1. The third kappa shape index (κ3) is 1.97. The first kappa shape index (κ1) is 13.6. The van der Waals surface area contributed by atoms with E-state index in [9.17, 15) is 4.79 Å². The van der Waals surface area contributed by atoms with Crippen molar-refractivity contribution in [1.82, 2.24) is 5.32 Å². The van der Waals surface area contributed by atoms with Crippen molar-refractivity contribution in [3.63, 3.8) is 0 Å². The third-order valence-corrected chi connectivity index (χ3v) is 4.17. The van der Waals surface area contributed by atoms with Crippen LogP contribution in [-0.4, -0.2) is 12.6 Å². The molecular weight excluding hydrogens is 260 g/mol. The van der Waals surface area contributed by atoms with Crippen molar-refractivity contribution >= 4 is 18.2 Å². The Morgan fingerprint density at radius 2 is 2.14 bits per heavy atom. The van der Waals surface area contributed by atoms with Crippen molar-refractivity contribution in [3.8, 4) is 0 Å². The molecule has 3 heteroatoms. The first-order chi connectivity index (χ1) is 9.97. The van der Waals surface area contributed by atoms with E-state index in [4.69, 9.17) is 0 Å². The number of allylic oxidation sites excluding steroid dienone is 4. The molecule has 106 valence electrons. The summed E-state index contributed by atoms with van der Waals surface area (Å²) in [6.45, 7) is 11.5. The van der Waals surface area contributed by atoms with E-state index in [0.29, 0.717) is 0 Å². The molecule has 0 spiro atoms. The van der Waals surface area contributed by atoms with Gasteiger partial charge < -0.3 is 5.32 Å². The molecule has 1 aromatic rings.